The third-order valence-corrected chi connectivity index (χ3v) is 20.0. The Hall–Kier alpha value is -6.52. The van der Waals surface area contributed by atoms with Gasteiger partial charge in [0.15, 0.2) is 5.71 Å². The van der Waals surface area contributed by atoms with E-state index in [1.54, 1.807) is 30.4 Å². The summed E-state index contributed by atoms with van der Waals surface area (Å²) in [5.74, 6) is -4.84. The summed E-state index contributed by atoms with van der Waals surface area (Å²) in [5, 5.41) is 11.7. The number of ether oxygens (including phenoxy) is 6. The maximum atomic E-state index is 14.9. The SMILES string of the molecule is COCCOCCOCCOCCOCCOCCN1C(=CC2=C(O)C(=CC3=[N+](CCCC(=O)ON4C(=O)CCC4=O)c4ccc5c(S(=O)(=O)[O-])cc(S(=O)(=O)O)cc5c4C3(C)C)C2=O)C(C)(CCCS(=O)(=O)O)c2c1ccc1c(S(=O)(=O)O)cc(S(=O)(=O)O)cc21. The predicted octanol–water partition coefficient (Wildman–Crippen LogP) is 3.78. The van der Waals surface area contributed by atoms with Gasteiger partial charge in [-0.1, -0.05) is 6.07 Å². The molecule has 30 nitrogen and oxygen atoms in total. The lowest BCUT2D eigenvalue weighted by molar-refractivity contribution is -0.438. The monoisotopic (exact) mass is 1390 g/mol. The summed E-state index contributed by atoms with van der Waals surface area (Å²) in [4.78, 5) is 55.2. The molecule has 4 aromatic rings. The van der Waals surface area contributed by atoms with Gasteiger partial charge in [0.2, 0.25) is 11.5 Å². The molecule has 2 amide bonds. The molecule has 4 aromatic carbocycles. The van der Waals surface area contributed by atoms with E-state index in [0.29, 0.717) is 50.2 Å². The number of rotatable bonds is 33. The summed E-state index contributed by atoms with van der Waals surface area (Å²) < 4.78 is 215. The van der Waals surface area contributed by atoms with E-state index in [2.05, 4.69) is 0 Å². The Kier molecular flexibility index (Phi) is 21.9. The van der Waals surface area contributed by atoms with Crippen molar-refractivity contribution in [2.75, 3.05) is 104 Å². The van der Waals surface area contributed by atoms with Gasteiger partial charge in [-0.15, -0.1) is 5.06 Å². The molecule has 1 atom stereocenters. The van der Waals surface area contributed by atoms with Crippen molar-refractivity contribution in [3.05, 3.63) is 94.4 Å². The van der Waals surface area contributed by atoms with E-state index < -0.39 is 123 Å². The van der Waals surface area contributed by atoms with Crippen LogP contribution in [0.15, 0.2) is 103 Å². The van der Waals surface area contributed by atoms with Crippen molar-refractivity contribution in [1.29, 1.82) is 0 Å². The molecular weight excluding hydrogens is 1320 g/mol. The number of hydrogen-bond acceptors (Lipinski definition) is 24. The molecule has 1 unspecified atom stereocenters. The minimum atomic E-state index is -5.45. The van der Waals surface area contributed by atoms with Crippen molar-refractivity contribution < 1.29 is 127 Å². The standard InChI is InChI=1S/C57H67N3O27S5/c1-56(2)47(58(15-5-7-51(63)87-60-49(61)12-13-50(60)62)43-10-8-37-39(52(43)56)29-35(89(69,70)71)31-45(37)91(75,76)77)33-41-54(64)42(55(41)65)34-48-57(3,14-6-28-88(66,67)68)53-40-30-36(90(72,73)74)32-46(92(78,79)80)38(40)9-11-44(53)59(48)16-17-82-20-21-84-24-25-86-27-26-85-23-22-83-19-18-81-4/h8-11,29-34H,5-7,12-28H2,1-4H3,(H5-,64,65,66,67,68,69,70,71,72,73,74,75,76,77,78,79,80). The summed E-state index contributed by atoms with van der Waals surface area (Å²) in [6.07, 6.45) is 0.959. The number of allylic oxidation sites excluding steroid dienone is 5. The zero-order valence-electron chi connectivity index (χ0n) is 50.0. The van der Waals surface area contributed by atoms with Gasteiger partial charge in [-0.25, -0.2) is 13.2 Å². The summed E-state index contributed by atoms with van der Waals surface area (Å²) in [6, 6.07) is 8.15. The van der Waals surface area contributed by atoms with Gasteiger partial charge >= 0.3 is 5.97 Å². The minimum Gasteiger partial charge on any atom is -0.744 e. The van der Waals surface area contributed by atoms with Crippen LogP contribution in [0.1, 0.15) is 70.4 Å². The number of hydroxylamine groups is 2. The lowest BCUT2D eigenvalue weighted by Gasteiger charge is -2.32. The molecule has 502 valence electrons. The fourth-order valence-corrected chi connectivity index (χ4v) is 14.7. The number of fused-ring (bicyclic) bond motifs is 6. The number of hydrogen-bond donors (Lipinski definition) is 5. The molecule has 4 aliphatic rings. The lowest BCUT2D eigenvalue weighted by atomic mass is 9.74. The Balaban J connectivity index is 1.19. The third-order valence-electron chi connectivity index (χ3n) is 15.8. The van der Waals surface area contributed by atoms with Gasteiger partial charge in [-0.3, -0.25) is 32.6 Å². The first-order chi connectivity index (χ1) is 43.0. The van der Waals surface area contributed by atoms with Crippen LogP contribution in [-0.2, 0) is 114 Å². The Morgan fingerprint density at radius 1 is 0.641 bits per heavy atom. The number of anilines is 1. The number of imide groups is 1. The normalized spacial score (nSPS) is 18.8. The molecule has 1 aliphatic carbocycles. The number of carbonyl (C=O) groups excluding carboxylic acids is 4. The highest BCUT2D eigenvalue weighted by Crippen LogP contribution is 2.55. The molecule has 3 aliphatic heterocycles. The number of methoxy groups -OCH3 is 1. The molecule has 35 heteroatoms. The van der Waals surface area contributed by atoms with Crippen LogP contribution >= 0.6 is 0 Å². The number of benzene rings is 4. The van der Waals surface area contributed by atoms with Crippen LogP contribution in [-0.4, -0.2) is 208 Å². The first-order valence-corrected chi connectivity index (χ1v) is 35.7. The fraction of sp³-hybridized carbons (Fsp3) is 0.456. The van der Waals surface area contributed by atoms with Crippen molar-refractivity contribution in [1.82, 2.24) is 5.06 Å². The van der Waals surface area contributed by atoms with Gasteiger partial charge in [0.25, 0.3) is 52.3 Å². The van der Waals surface area contributed by atoms with E-state index >= 15 is 0 Å². The van der Waals surface area contributed by atoms with Crippen molar-refractivity contribution in [3.8, 4) is 0 Å². The highest BCUT2D eigenvalue weighted by Gasteiger charge is 2.50. The molecular formula is C57H67N3O27S5. The molecule has 5 N–H and O–H groups in total. The van der Waals surface area contributed by atoms with Gasteiger partial charge in [0.05, 0.1) is 116 Å². The zero-order valence-corrected chi connectivity index (χ0v) is 54.1. The van der Waals surface area contributed by atoms with Crippen LogP contribution in [0.4, 0.5) is 11.4 Å². The van der Waals surface area contributed by atoms with E-state index in [-0.39, 0.29) is 151 Å². The number of ketones is 1. The zero-order chi connectivity index (χ0) is 67.5. The van der Waals surface area contributed by atoms with Gasteiger partial charge < -0.3 is 47.8 Å². The van der Waals surface area contributed by atoms with Crippen molar-refractivity contribution >= 4 is 113 Å². The average molecular weight is 1390 g/mol. The van der Waals surface area contributed by atoms with Crippen LogP contribution < -0.4 is 4.90 Å². The van der Waals surface area contributed by atoms with Crippen molar-refractivity contribution in [2.24, 2.45) is 0 Å². The summed E-state index contributed by atoms with van der Waals surface area (Å²) >= 11 is 0. The Morgan fingerprint density at radius 3 is 1.66 bits per heavy atom. The van der Waals surface area contributed by atoms with Gasteiger partial charge in [-0.05, 0) is 92.4 Å². The van der Waals surface area contributed by atoms with E-state index in [0.717, 1.165) is 12.1 Å². The van der Waals surface area contributed by atoms with Crippen LogP contribution in [0.25, 0.3) is 21.5 Å². The molecule has 0 saturated carbocycles. The van der Waals surface area contributed by atoms with Crippen LogP contribution in [0.2, 0.25) is 0 Å². The number of amides is 2. The second-order valence-corrected chi connectivity index (χ2v) is 29.4. The van der Waals surface area contributed by atoms with E-state index in [1.807, 2.05) is 0 Å². The minimum absolute atomic E-state index is 0.0144. The largest absolute Gasteiger partial charge is 0.744 e. The maximum absolute atomic E-state index is 14.9. The van der Waals surface area contributed by atoms with E-state index in [4.69, 9.17) is 33.3 Å². The first kappa shape index (κ1) is 71.3. The fourth-order valence-electron chi connectivity index (χ4n) is 11.6. The number of carbonyl (C=O) groups is 4. The molecule has 0 aromatic heterocycles. The number of aliphatic hydroxyl groups excluding tert-OH is 1. The second-order valence-electron chi connectivity index (χ2n) is 22.2. The van der Waals surface area contributed by atoms with Crippen LogP contribution in [0.3, 0.4) is 0 Å². The van der Waals surface area contributed by atoms with Crippen LogP contribution in [0, 0.1) is 0 Å². The van der Waals surface area contributed by atoms with Crippen LogP contribution in [0.5, 0.6) is 0 Å². The Bertz CT molecular complexity index is 4350. The van der Waals surface area contributed by atoms with Crippen molar-refractivity contribution in [3.63, 3.8) is 0 Å². The summed E-state index contributed by atoms with van der Waals surface area (Å²) in [7, 11) is -24.3. The molecule has 1 fully saturated rings. The molecule has 1 saturated heterocycles. The number of nitrogens with zero attached hydrogens (tertiary/aromatic N) is 3. The quantitative estimate of drug-likeness (QED) is 0.0149. The smallest absolute Gasteiger partial charge is 0.333 e. The average Bonchev–Trinajstić information content (AvgIpc) is 1.53. The highest BCUT2D eigenvalue weighted by molar-refractivity contribution is 7.87. The summed E-state index contributed by atoms with van der Waals surface area (Å²) in [6.45, 7) is 6.98. The van der Waals surface area contributed by atoms with E-state index in [9.17, 15) is 89.1 Å². The Morgan fingerprint density at radius 2 is 1.15 bits per heavy atom. The highest BCUT2D eigenvalue weighted by atomic mass is 32.2. The van der Waals surface area contributed by atoms with Crippen molar-refractivity contribution in [2.45, 2.75) is 89.7 Å². The van der Waals surface area contributed by atoms with Gasteiger partial charge in [0.1, 0.15) is 27.3 Å². The van der Waals surface area contributed by atoms with Gasteiger partial charge in [0, 0.05) is 78.2 Å². The second kappa shape index (κ2) is 28.2. The first-order valence-electron chi connectivity index (χ1n) is 28.4. The third kappa shape index (κ3) is 15.8. The molecule has 92 heavy (non-hydrogen) atoms. The number of Topliss-reactive ketones (excluding diaryl/α,β-unsaturated/α-hetero) is 1. The summed E-state index contributed by atoms with van der Waals surface area (Å²) in [5.41, 5.74) is -3.06. The number of aliphatic hydroxyl groups is 1. The molecule has 0 bridgehead atoms. The molecule has 0 spiro atoms. The maximum Gasteiger partial charge on any atom is 0.333 e. The molecule has 0 radical (unpaired) electrons. The molecule has 3 heterocycles. The predicted molar refractivity (Wildman–Crippen MR) is 322 cm³/mol. The van der Waals surface area contributed by atoms with Gasteiger partial charge in [-0.2, -0.15) is 38.2 Å². The Labute approximate surface area is 529 Å². The lowest BCUT2D eigenvalue weighted by Crippen LogP contribution is -2.34. The van der Waals surface area contributed by atoms with E-state index in [1.165, 1.54) is 43.3 Å². The topological polar surface area (TPSA) is 437 Å². The molecule has 8 rings (SSSR count).